The average molecular weight is 250 g/mol. The summed E-state index contributed by atoms with van der Waals surface area (Å²) in [5.74, 6) is 0. The lowest BCUT2D eigenvalue weighted by atomic mass is 10.1. The van der Waals surface area contributed by atoms with E-state index in [1.54, 1.807) is 29.2 Å². The van der Waals surface area contributed by atoms with Crippen molar-refractivity contribution in [1.29, 1.82) is 0 Å². The predicted octanol–water partition coefficient (Wildman–Crippen LogP) is 1.81. The molecular weight excluding hydrogens is 238 g/mol. The van der Waals surface area contributed by atoms with E-state index in [4.69, 9.17) is 0 Å². The minimum atomic E-state index is -4.46. The van der Waals surface area contributed by atoms with Gasteiger partial charge in [0.05, 0.1) is 4.90 Å². The highest BCUT2D eigenvalue weighted by atomic mass is 32.2. The van der Waals surface area contributed by atoms with Crippen LogP contribution >= 0.6 is 0 Å². The molecule has 0 fully saturated rings. The lowest BCUT2D eigenvalue weighted by Gasteiger charge is -2.19. The molecule has 0 bridgehead atoms. The van der Waals surface area contributed by atoms with Crippen LogP contribution in [0.5, 0.6) is 0 Å². The Kier molecular flexibility index (Phi) is 2.81. The number of anilines is 1. The van der Waals surface area contributed by atoms with E-state index in [1.807, 2.05) is 20.2 Å². The molecule has 0 atom stereocenters. The minimum Gasteiger partial charge on any atom is -0.744 e. The van der Waals surface area contributed by atoms with Crippen LogP contribution in [0.1, 0.15) is 0 Å². The van der Waals surface area contributed by atoms with Gasteiger partial charge in [-0.25, -0.2) is 8.42 Å². The van der Waals surface area contributed by atoms with Crippen LogP contribution in [-0.2, 0) is 10.1 Å². The van der Waals surface area contributed by atoms with Crippen molar-refractivity contribution in [3.8, 4) is 0 Å². The molecule has 17 heavy (non-hydrogen) atoms. The number of fused-ring (bicyclic) bond motifs is 1. The Balaban J connectivity index is 2.96. The first-order valence-electron chi connectivity index (χ1n) is 5.06. The largest absolute Gasteiger partial charge is 0.744 e. The fraction of sp³-hybridized carbons (Fsp3) is 0.167. The zero-order chi connectivity index (χ0) is 12.6. The van der Waals surface area contributed by atoms with E-state index in [0.717, 1.165) is 11.1 Å². The first-order valence-corrected chi connectivity index (χ1v) is 6.47. The molecule has 0 heterocycles. The zero-order valence-electron chi connectivity index (χ0n) is 9.54. The van der Waals surface area contributed by atoms with Crippen molar-refractivity contribution in [1.82, 2.24) is 0 Å². The summed E-state index contributed by atoms with van der Waals surface area (Å²) in [6.07, 6.45) is 0. The summed E-state index contributed by atoms with van der Waals surface area (Å²) < 4.78 is 33.7. The summed E-state index contributed by atoms with van der Waals surface area (Å²) in [4.78, 5) is 1.62. The van der Waals surface area contributed by atoms with Crippen molar-refractivity contribution >= 4 is 26.6 Å². The van der Waals surface area contributed by atoms with E-state index in [0.29, 0.717) is 5.39 Å². The Labute approximate surface area is 100 Å². The maximum absolute atomic E-state index is 11.2. The molecule has 0 radical (unpaired) electrons. The van der Waals surface area contributed by atoms with E-state index in [1.165, 1.54) is 6.07 Å². The molecule has 2 aromatic rings. The predicted molar refractivity (Wildman–Crippen MR) is 66.2 cm³/mol. The second-order valence-corrected chi connectivity index (χ2v) is 5.33. The van der Waals surface area contributed by atoms with Crippen molar-refractivity contribution in [3.63, 3.8) is 0 Å². The van der Waals surface area contributed by atoms with Crippen LogP contribution in [0.25, 0.3) is 10.8 Å². The summed E-state index contributed by atoms with van der Waals surface area (Å²) in [5, 5.41) is 1.23. The van der Waals surface area contributed by atoms with E-state index in [2.05, 4.69) is 0 Å². The maximum Gasteiger partial charge on any atom is 0.125 e. The van der Waals surface area contributed by atoms with Crippen molar-refractivity contribution < 1.29 is 13.0 Å². The lowest BCUT2D eigenvalue weighted by Crippen LogP contribution is -2.10. The molecule has 0 amide bonds. The van der Waals surface area contributed by atoms with Gasteiger partial charge in [-0.15, -0.1) is 0 Å². The molecule has 4 nitrogen and oxygen atoms in total. The van der Waals surface area contributed by atoms with E-state index < -0.39 is 10.1 Å². The second-order valence-electron chi connectivity index (χ2n) is 3.98. The number of nitrogens with zero attached hydrogens (tertiary/aromatic N) is 1. The molecule has 2 aromatic carbocycles. The first kappa shape index (κ1) is 11.9. The average Bonchev–Trinajstić information content (AvgIpc) is 2.26. The molecule has 0 aromatic heterocycles. The van der Waals surface area contributed by atoms with Gasteiger partial charge in [0.1, 0.15) is 10.1 Å². The van der Waals surface area contributed by atoms with Gasteiger partial charge in [-0.05, 0) is 17.5 Å². The smallest absolute Gasteiger partial charge is 0.125 e. The highest BCUT2D eigenvalue weighted by Gasteiger charge is 2.11. The van der Waals surface area contributed by atoms with Crippen LogP contribution in [0.15, 0.2) is 41.3 Å². The number of benzene rings is 2. The van der Waals surface area contributed by atoms with E-state index >= 15 is 0 Å². The lowest BCUT2D eigenvalue weighted by molar-refractivity contribution is 0.464. The van der Waals surface area contributed by atoms with Crippen LogP contribution in [0, 0.1) is 0 Å². The Hall–Kier alpha value is -1.59. The van der Waals surface area contributed by atoms with Gasteiger partial charge in [0.25, 0.3) is 0 Å². The van der Waals surface area contributed by atoms with Gasteiger partial charge in [0.2, 0.25) is 0 Å². The normalized spacial score (nSPS) is 11.7. The van der Waals surface area contributed by atoms with Crippen LogP contribution in [0.4, 0.5) is 5.69 Å². The molecular formula is C12H12NO3S-. The molecule has 0 saturated carbocycles. The quantitative estimate of drug-likeness (QED) is 0.763. The molecule has 90 valence electrons. The molecule has 0 unspecified atom stereocenters. The van der Waals surface area contributed by atoms with Gasteiger partial charge in [-0.2, -0.15) is 0 Å². The highest BCUT2D eigenvalue weighted by molar-refractivity contribution is 7.86. The zero-order valence-corrected chi connectivity index (χ0v) is 10.4. The Bertz CT molecular complexity index is 657. The van der Waals surface area contributed by atoms with Gasteiger partial charge in [0.15, 0.2) is 0 Å². The SMILES string of the molecule is CN(C)c1cccc2cccc(S(=O)(=O)[O-])c12. The van der Waals surface area contributed by atoms with Crippen LogP contribution < -0.4 is 4.90 Å². The molecule has 5 heteroatoms. The van der Waals surface area contributed by atoms with Crippen molar-refractivity contribution in [3.05, 3.63) is 36.4 Å². The highest BCUT2D eigenvalue weighted by Crippen LogP contribution is 2.31. The summed E-state index contributed by atoms with van der Waals surface area (Å²) in [6.45, 7) is 0. The van der Waals surface area contributed by atoms with Gasteiger partial charge in [0, 0.05) is 25.2 Å². The molecule has 0 aliphatic heterocycles. The Morgan fingerprint density at radius 1 is 1.06 bits per heavy atom. The monoisotopic (exact) mass is 250 g/mol. The van der Waals surface area contributed by atoms with Gasteiger partial charge in [-0.1, -0.05) is 24.3 Å². The number of rotatable bonds is 2. The minimum absolute atomic E-state index is 0.167. The van der Waals surface area contributed by atoms with Crippen LogP contribution in [0.3, 0.4) is 0 Å². The second kappa shape index (κ2) is 4.01. The Morgan fingerprint density at radius 3 is 2.18 bits per heavy atom. The van der Waals surface area contributed by atoms with Crippen molar-refractivity contribution in [2.24, 2.45) is 0 Å². The summed E-state index contributed by atoms with van der Waals surface area (Å²) in [5.41, 5.74) is 0.720. The number of hydrogen-bond acceptors (Lipinski definition) is 4. The fourth-order valence-electron chi connectivity index (χ4n) is 1.87. The van der Waals surface area contributed by atoms with Crippen molar-refractivity contribution in [2.75, 3.05) is 19.0 Å². The van der Waals surface area contributed by atoms with E-state index in [9.17, 15) is 13.0 Å². The summed E-state index contributed by atoms with van der Waals surface area (Å²) in [6, 6.07) is 10.1. The molecule has 0 aliphatic carbocycles. The first-order chi connectivity index (χ1) is 7.91. The molecule has 2 rings (SSSR count). The molecule has 0 saturated heterocycles. The van der Waals surface area contributed by atoms with Crippen molar-refractivity contribution in [2.45, 2.75) is 4.90 Å². The Morgan fingerprint density at radius 2 is 1.65 bits per heavy atom. The van der Waals surface area contributed by atoms with Crippen LogP contribution in [-0.4, -0.2) is 27.1 Å². The molecule has 0 N–H and O–H groups in total. The number of hydrogen-bond donors (Lipinski definition) is 0. The van der Waals surface area contributed by atoms with Crippen LogP contribution in [0.2, 0.25) is 0 Å². The summed E-state index contributed by atoms with van der Waals surface area (Å²) >= 11 is 0. The standard InChI is InChI=1S/C12H13NO3S/c1-13(2)10-7-3-5-9-6-4-8-11(12(9)10)17(14,15)16/h3-8H,1-2H3,(H,14,15,16)/p-1. The maximum atomic E-state index is 11.2. The van der Waals surface area contributed by atoms with Gasteiger partial charge < -0.3 is 9.45 Å². The molecule has 0 aliphatic rings. The summed E-state index contributed by atoms with van der Waals surface area (Å²) in [7, 11) is -0.845. The van der Waals surface area contributed by atoms with Gasteiger partial charge in [-0.3, -0.25) is 0 Å². The molecule has 0 spiro atoms. The topological polar surface area (TPSA) is 60.4 Å². The van der Waals surface area contributed by atoms with E-state index in [-0.39, 0.29) is 4.90 Å². The fourth-order valence-corrected chi connectivity index (χ4v) is 2.59. The van der Waals surface area contributed by atoms with Gasteiger partial charge >= 0.3 is 0 Å². The third-order valence-corrected chi connectivity index (χ3v) is 3.47. The third-order valence-electron chi connectivity index (χ3n) is 2.60. The third kappa shape index (κ3) is 2.11.